The van der Waals surface area contributed by atoms with Crippen molar-refractivity contribution in [3.8, 4) is 23.0 Å². The molecule has 0 N–H and O–H groups in total. The number of methoxy groups -OCH3 is 2. The zero-order valence-electron chi connectivity index (χ0n) is 30.2. The highest BCUT2D eigenvalue weighted by molar-refractivity contribution is 7.07. The van der Waals surface area contributed by atoms with Gasteiger partial charge in [0, 0.05) is 5.56 Å². The van der Waals surface area contributed by atoms with Crippen molar-refractivity contribution in [2.45, 2.75) is 52.9 Å². The van der Waals surface area contributed by atoms with Crippen LogP contribution >= 0.6 is 11.3 Å². The summed E-state index contributed by atoms with van der Waals surface area (Å²) in [6.07, 6.45) is 4.06. The van der Waals surface area contributed by atoms with Gasteiger partial charge in [0.2, 0.25) is 0 Å². The second kappa shape index (κ2) is 15.7. The fraction of sp³-hybridized carbons (Fsp3) is 0.262. The van der Waals surface area contributed by atoms with Gasteiger partial charge < -0.3 is 23.7 Å². The number of nitrogens with zero attached hydrogens (tertiary/aromatic N) is 2. The van der Waals surface area contributed by atoms with Gasteiger partial charge in [-0.2, -0.15) is 0 Å². The molecule has 1 atom stereocenters. The molecule has 0 bridgehead atoms. The quantitative estimate of drug-likeness (QED) is 0.0950. The van der Waals surface area contributed by atoms with Gasteiger partial charge in [0.25, 0.3) is 5.56 Å². The summed E-state index contributed by atoms with van der Waals surface area (Å²) in [6.45, 7) is 11.8. The molecule has 0 aliphatic carbocycles. The Morgan fingerprint density at radius 2 is 1.75 bits per heavy atom. The van der Waals surface area contributed by atoms with Gasteiger partial charge in [-0.25, -0.2) is 9.79 Å². The molecule has 0 saturated carbocycles. The van der Waals surface area contributed by atoms with E-state index >= 15 is 0 Å². The Bertz CT molecular complexity index is 2360. The largest absolute Gasteiger partial charge is 0.493 e. The highest BCUT2D eigenvalue weighted by Crippen LogP contribution is 2.37. The monoisotopic (exact) mass is 718 g/mol. The summed E-state index contributed by atoms with van der Waals surface area (Å²) >= 11 is 1.25. The second-order valence-electron chi connectivity index (χ2n) is 12.5. The molecule has 0 fully saturated rings. The van der Waals surface area contributed by atoms with Gasteiger partial charge in [-0.05, 0) is 91.9 Å². The van der Waals surface area contributed by atoms with E-state index in [0.29, 0.717) is 56.6 Å². The summed E-state index contributed by atoms with van der Waals surface area (Å²) in [5.74, 6) is 1.65. The molecule has 1 aliphatic heterocycles. The number of hydrogen-bond acceptors (Lipinski definition) is 9. The number of benzene rings is 4. The van der Waals surface area contributed by atoms with E-state index in [2.05, 4.69) is 30.8 Å². The minimum Gasteiger partial charge on any atom is -0.493 e. The Hall–Kier alpha value is -5.61. The normalized spacial score (nSPS) is 14.2. The maximum absolute atomic E-state index is 14.4. The fourth-order valence-electron chi connectivity index (χ4n) is 6.42. The first-order valence-corrected chi connectivity index (χ1v) is 17.9. The van der Waals surface area contributed by atoms with Crippen molar-refractivity contribution in [1.29, 1.82) is 0 Å². The lowest BCUT2D eigenvalue weighted by Crippen LogP contribution is -2.40. The van der Waals surface area contributed by atoms with Gasteiger partial charge in [0.05, 0.1) is 48.8 Å². The molecule has 0 radical (unpaired) electrons. The molecule has 0 saturated heterocycles. The fourth-order valence-corrected chi connectivity index (χ4v) is 7.47. The van der Waals surface area contributed by atoms with Gasteiger partial charge in [-0.1, -0.05) is 65.9 Å². The molecule has 10 heteroatoms. The second-order valence-corrected chi connectivity index (χ2v) is 13.5. The molecule has 52 heavy (non-hydrogen) atoms. The highest BCUT2D eigenvalue weighted by Gasteiger charge is 2.34. The van der Waals surface area contributed by atoms with E-state index < -0.39 is 12.0 Å². The van der Waals surface area contributed by atoms with Crippen LogP contribution in [0.3, 0.4) is 0 Å². The highest BCUT2D eigenvalue weighted by atomic mass is 32.1. The number of fused-ring (bicyclic) bond motifs is 2. The standard InChI is InChI=1S/C42H42N2O7S/c1-8-13-30-20-27(21-35(48-7)39(30)50-24-31-16-12-15-28-14-10-11-17-32(28)31)22-36-40(45)44-38(29-18-19-33(51-25(3)4)34(23-29)47-6)37(41(46)49-9-2)26(5)43-42(44)52-36/h8,10-12,14-23,25,38H,1,9,13,24H2,2-7H3/b36-22-/t38-/m1/s1. The minimum absolute atomic E-state index is 0.0786. The smallest absolute Gasteiger partial charge is 0.338 e. The Kier molecular flexibility index (Phi) is 11.0. The van der Waals surface area contributed by atoms with Crippen molar-refractivity contribution < 1.29 is 28.5 Å². The summed E-state index contributed by atoms with van der Waals surface area (Å²) in [5, 5.41) is 2.26. The molecule has 4 aromatic carbocycles. The predicted molar refractivity (Wildman–Crippen MR) is 204 cm³/mol. The van der Waals surface area contributed by atoms with Crippen molar-refractivity contribution in [2.24, 2.45) is 4.99 Å². The van der Waals surface area contributed by atoms with E-state index in [1.165, 1.54) is 11.3 Å². The SMILES string of the molecule is C=CCc1cc(/C=c2\sc3n(c2=O)[C@H](c2ccc(OC(C)C)c(OC)c2)C(C(=O)OCC)=C(C)N=3)cc(OC)c1OCc1cccc2ccccc12. The van der Waals surface area contributed by atoms with E-state index in [-0.39, 0.29) is 23.8 Å². The molecule has 1 aliphatic rings. The third-order valence-corrected chi connectivity index (χ3v) is 9.65. The number of ether oxygens (including phenoxy) is 5. The molecule has 0 spiro atoms. The van der Waals surface area contributed by atoms with Crippen molar-refractivity contribution in [3.63, 3.8) is 0 Å². The van der Waals surface area contributed by atoms with Crippen molar-refractivity contribution in [1.82, 2.24) is 4.57 Å². The average molecular weight is 719 g/mol. The first kappa shape index (κ1) is 36.2. The molecule has 2 heterocycles. The summed E-state index contributed by atoms with van der Waals surface area (Å²) in [6, 6.07) is 22.8. The lowest BCUT2D eigenvalue weighted by molar-refractivity contribution is -0.139. The summed E-state index contributed by atoms with van der Waals surface area (Å²) < 4.78 is 31.4. The molecule has 6 rings (SSSR count). The summed E-state index contributed by atoms with van der Waals surface area (Å²) in [5.41, 5.74) is 3.77. The molecule has 9 nitrogen and oxygen atoms in total. The van der Waals surface area contributed by atoms with E-state index in [1.54, 1.807) is 44.8 Å². The van der Waals surface area contributed by atoms with Crippen molar-refractivity contribution in [3.05, 3.63) is 139 Å². The van der Waals surface area contributed by atoms with Crippen LogP contribution in [0.4, 0.5) is 0 Å². The van der Waals surface area contributed by atoms with E-state index in [9.17, 15) is 9.59 Å². The van der Waals surface area contributed by atoms with Crippen LogP contribution in [0, 0.1) is 0 Å². The van der Waals surface area contributed by atoms with Gasteiger partial charge in [0.1, 0.15) is 6.61 Å². The van der Waals surface area contributed by atoms with Gasteiger partial charge in [-0.3, -0.25) is 9.36 Å². The maximum atomic E-state index is 14.4. The van der Waals surface area contributed by atoms with Crippen LogP contribution in [0.2, 0.25) is 0 Å². The minimum atomic E-state index is -0.810. The Balaban J connectivity index is 1.44. The maximum Gasteiger partial charge on any atom is 0.338 e. The summed E-state index contributed by atoms with van der Waals surface area (Å²) in [7, 11) is 3.15. The first-order valence-electron chi connectivity index (χ1n) is 17.1. The topological polar surface area (TPSA) is 97.6 Å². The van der Waals surface area contributed by atoms with E-state index in [1.807, 2.05) is 62.4 Å². The zero-order chi connectivity index (χ0) is 36.9. The first-order chi connectivity index (χ1) is 25.2. The number of esters is 1. The lowest BCUT2D eigenvalue weighted by atomic mass is 9.95. The molecule has 1 aromatic heterocycles. The molecule has 0 unspecified atom stereocenters. The Morgan fingerprint density at radius 3 is 2.48 bits per heavy atom. The van der Waals surface area contributed by atoms with Crippen LogP contribution < -0.4 is 33.8 Å². The molecular formula is C42H42N2O7S. The number of hydrogen-bond donors (Lipinski definition) is 0. The third-order valence-electron chi connectivity index (χ3n) is 8.67. The third kappa shape index (κ3) is 7.25. The van der Waals surface area contributed by atoms with Gasteiger partial charge in [0.15, 0.2) is 27.8 Å². The number of carbonyl (C=O) groups is 1. The van der Waals surface area contributed by atoms with Crippen LogP contribution in [-0.2, 0) is 22.6 Å². The average Bonchev–Trinajstić information content (AvgIpc) is 3.43. The van der Waals surface area contributed by atoms with Crippen LogP contribution in [0.25, 0.3) is 16.8 Å². The van der Waals surface area contributed by atoms with E-state index in [0.717, 1.165) is 27.5 Å². The van der Waals surface area contributed by atoms with Gasteiger partial charge >= 0.3 is 5.97 Å². The molecular weight excluding hydrogens is 677 g/mol. The summed E-state index contributed by atoms with van der Waals surface area (Å²) in [4.78, 5) is 33.0. The zero-order valence-corrected chi connectivity index (χ0v) is 31.0. The van der Waals surface area contributed by atoms with Gasteiger partial charge in [-0.15, -0.1) is 6.58 Å². The number of allylic oxidation sites excluding steroid dienone is 2. The van der Waals surface area contributed by atoms with Crippen LogP contribution in [0.1, 0.15) is 56.0 Å². The number of carbonyl (C=O) groups excluding carboxylic acids is 1. The molecule has 268 valence electrons. The van der Waals surface area contributed by atoms with Crippen LogP contribution in [0.15, 0.2) is 107 Å². The Morgan fingerprint density at radius 1 is 0.981 bits per heavy atom. The van der Waals surface area contributed by atoms with Crippen LogP contribution in [0.5, 0.6) is 23.0 Å². The van der Waals surface area contributed by atoms with E-state index in [4.69, 9.17) is 28.7 Å². The Labute approximate surface area is 306 Å². The van der Waals surface area contributed by atoms with Crippen molar-refractivity contribution >= 4 is 34.2 Å². The number of aromatic nitrogens is 1. The lowest BCUT2D eigenvalue weighted by Gasteiger charge is -2.25. The van der Waals surface area contributed by atoms with Crippen molar-refractivity contribution in [2.75, 3.05) is 20.8 Å². The van der Waals surface area contributed by atoms with Crippen LogP contribution in [-0.4, -0.2) is 37.5 Å². The molecule has 5 aromatic rings. The predicted octanol–water partition coefficient (Wildman–Crippen LogP) is 7.06. The number of rotatable bonds is 13. The number of thiazole rings is 1. The molecule has 0 amide bonds.